The van der Waals surface area contributed by atoms with Gasteiger partial charge in [-0.1, -0.05) is 6.07 Å². The number of carbonyl (C=O) groups is 1. The Morgan fingerprint density at radius 2 is 2.10 bits per heavy atom. The molecule has 1 aromatic carbocycles. The van der Waals surface area contributed by atoms with Crippen molar-refractivity contribution in [1.29, 1.82) is 0 Å². The molecule has 8 heteroatoms. The summed E-state index contributed by atoms with van der Waals surface area (Å²) in [5.41, 5.74) is 11.9. The van der Waals surface area contributed by atoms with Gasteiger partial charge in [0.2, 0.25) is 11.9 Å². The molecule has 4 N–H and O–H groups in total. The molecule has 0 saturated carbocycles. The van der Waals surface area contributed by atoms with Gasteiger partial charge in [0, 0.05) is 19.2 Å². The van der Waals surface area contributed by atoms with Crippen LogP contribution < -0.4 is 11.5 Å². The fraction of sp³-hybridized carbons (Fsp3) is 0.333. The van der Waals surface area contributed by atoms with Crippen LogP contribution in [0.15, 0.2) is 23.1 Å². The lowest BCUT2D eigenvalue weighted by Gasteiger charge is -2.05. The lowest BCUT2D eigenvalue weighted by Crippen LogP contribution is -2.12. The van der Waals surface area contributed by atoms with E-state index in [4.69, 9.17) is 11.5 Å². The van der Waals surface area contributed by atoms with Gasteiger partial charge in [0.15, 0.2) is 9.84 Å². The van der Waals surface area contributed by atoms with E-state index in [1.54, 1.807) is 16.7 Å². The standard InChI is InChI=1S/C12H16N4O3S/c1-20(18,19)9-5-2-4-8-11(9)15-12(14)16(8)7-3-6-10(13)17/h2,4-5H,3,6-7H2,1H3,(H2,13,17)(H2,14,15). The topological polar surface area (TPSA) is 121 Å². The largest absolute Gasteiger partial charge is 0.370 e. The number of benzene rings is 1. The minimum Gasteiger partial charge on any atom is -0.370 e. The highest BCUT2D eigenvalue weighted by atomic mass is 32.2. The van der Waals surface area contributed by atoms with Crippen molar-refractivity contribution < 1.29 is 13.2 Å². The molecule has 1 heterocycles. The number of amides is 1. The number of nitrogens with two attached hydrogens (primary N) is 2. The van der Waals surface area contributed by atoms with Crippen molar-refractivity contribution in [3.63, 3.8) is 0 Å². The number of sulfone groups is 1. The smallest absolute Gasteiger partial charge is 0.217 e. The number of primary amides is 1. The first kappa shape index (κ1) is 14.3. The number of imidazole rings is 1. The van der Waals surface area contributed by atoms with Crippen molar-refractivity contribution in [2.24, 2.45) is 5.73 Å². The molecule has 2 aromatic rings. The van der Waals surface area contributed by atoms with Crippen LogP contribution in [0.4, 0.5) is 5.95 Å². The number of aryl methyl sites for hydroxylation is 1. The van der Waals surface area contributed by atoms with Crippen molar-refractivity contribution in [3.05, 3.63) is 18.2 Å². The summed E-state index contributed by atoms with van der Waals surface area (Å²) in [4.78, 5) is 15.0. The summed E-state index contributed by atoms with van der Waals surface area (Å²) in [5.74, 6) is -0.162. The zero-order valence-electron chi connectivity index (χ0n) is 11.0. The number of carbonyl (C=O) groups excluding carboxylic acids is 1. The number of nitrogens with zero attached hydrogens (tertiary/aromatic N) is 2. The van der Waals surface area contributed by atoms with Gasteiger partial charge in [-0.25, -0.2) is 13.4 Å². The highest BCUT2D eigenvalue weighted by Crippen LogP contribution is 2.25. The summed E-state index contributed by atoms with van der Waals surface area (Å²) in [7, 11) is -3.37. The van der Waals surface area contributed by atoms with Crippen LogP contribution in [-0.2, 0) is 21.2 Å². The molecule has 0 atom stereocenters. The molecule has 0 saturated heterocycles. The fourth-order valence-corrected chi connectivity index (χ4v) is 2.91. The van der Waals surface area contributed by atoms with E-state index in [1.807, 2.05) is 0 Å². The zero-order chi connectivity index (χ0) is 14.9. The van der Waals surface area contributed by atoms with E-state index < -0.39 is 9.84 Å². The summed E-state index contributed by atoms with van der Waals surface area (Å²) >= 11 is 0. The molecule has 0 aliphatic carbocycles. The Morgan fingerprint density at radius 3 is 2.70 bits per heavy atom. The van der Waals surface area contributed by atoms with Gasteiger partial charge in [-0.3, -0.25) is 4.79 Å². The number of nitrogen functional groups attached to an aromatic ring is 1. The Hall–Kier alpha value is -2.09. The molecular weight excluding hydrogens is 280 g/mol. The highest BCUT2D eigenvalue weighted by Gasteiger charge is 2.17. The normalized spacial score (nSPS) is 11.8. The van der Waals surface area contributed by atoms with E-state index in [2.05, 4.69) is 4.98 Å². The molecule has 20 heavy (non-hydrogen) atoms. The minimum absolute atomic E-state index is 0.148. The molecule has 1 amide bonds. The fourth-order valence-electron chi connectivity index (χ4n) is 2.08. The predicted octanol–water partition coefficient (Wildman–Crippen LogP) is 0.288. The number of fused-ring (bicyclic) bond motifs is 1. The van der Waals surface area contributed by atoms with E-state index in [0.29, 0.717) is 24.0 Å². The van der Waals surface area contributed by atoms with Gasteiger partial charge in [0.05, 0.1) is 10.4 Å². The average molecular weight is 296 g/mol. The summed E-state index contributed by atoms with van der Waals surface area (Å²) < 4.78 is 25.1. The van der Waals surface area contributed by atoms with Gasteiger partial charge in [0.25, 0.3) is 0 Å². The first-order valence-corrected chi connectivity index (χ1v) is 7.93. The molecule has 1 aromatic heterocycles. The zero-order valence-corrected chi connectivity index (χ0v) is 11.9. The Morgan fingerprint density at radius 1 is 1.40 bits per heavy atom. The molecule has 0 fully saturated rings. The van der Waals surface area contributed by atoms with Crippen LogP contribution in [-0.4, -0.2) is 30.1 Å². The van der Waals surface area contributed by atoms with Crippen LogP contribution in [0.2, 0.25) is 0 Å². The third-order valence-electron chi connectivity index (χ3n) is 2.98. The van der Waals surface area contributed by atoms with Crippen molar-refractivity contribution >= 4 is 32.7 Å². The average Bonchev–Trinajstić information content (AvgIpc) is 2.64. The van der Waals surface area contributed by atoms with Crippen LogP contribution in [0.3, 0.4) is 0 Å². The molecule has 0 radical (unpaired) electrons. The molecule has 0 aliphatic heterocycles. The minimum atomic E-state index is -3.37. The number of aromatic nitrogens is 2. The van der Waals surface area contributed by atoms with Crippen LogP contribution in [0, 0.1) is 0 Å². The third-order valence-corrected chi connectivity index (χ3v) is 4.10. The number of para-hydroxylation sites is 1. The molecule has 0 unspecified atom stereocenters. The maximum Gasteiger partial charge on any atom is 0.217 e. The Kier molecular flexibility index (Phi) is 3.67. The van der Waals surface area contributed by atoms with Crippen LogP contribution in [0.5, 0.6) is 0 Å². The Balaban J connectivity index is 2.47. The van der Waals surface area contributed by atoms with Crippen LogP contribution in [0.1, 0.15) is 12.8 Å². The van der Waals surface area contributed by atoms with Gasteiger partial charge in [-0.15, -0.1) is 0 Å². The number of hydrogen-bond donors (Lipinski definition) is 2. The van der Waals surface area contributed by atoms with E-state index in [0.717, 1.165) is 6.26 Å². The summed E-state index contributed by atoms with van der Waals surface area (Å²) in [6, 6.07) is 4.89. The quantitative estimate of drug-likeness (QED) is 0.821. The monoisotopic (exact) mass is 296 g/mol. The first-order valence-electron chi connectivity index (χ1n) is 6.04. The third kappa shape index (κ3) is 2.74. The van der Waals surface area contributed by atoms with Gasteiger partial charge in [-0.05, 0) is 18.6 Å². The SMILES string of the molecule is CS(=O)(=O)c1cccc2c1nc(N)n2CCCC(N)=O. The number of hydrogen-bond acceptors (Lipinski definition) is 5. The molecule has 108 valence electrons. The second kappa shape index (κ2) is 5.12. The number of anilines is 1. The van der Waals surface area contributed by atoms with Gasteiger partial charge in [0.1, 0.15) is 5.52 Å². The lowest BCUT2D eigenvalue weighted by atomic mass is 10.3. The van der Waals surface area contributed by atoms with E-state index in [1.165, 1.54) is 6.07 Å². The van der Waals surface area contributed by atoms with Gasteiger partial charge in [-0.2, -0.15) is 0 Å². The van der Waals surface area contributed by atoms with Crippen molar-refractivity contribution in [3.8, 4) is 0 Å². The molecular formula is C12H16N4O3S. The Bertz CT molecular complexity index is 764. The summed E-state index contributed by atoms with van der Waals surface area (Å²) in [5, 5.41) is 0. The molecule has 2 rings (SSSR count). The van der Waals surface area contributed by atoms with Crippen molar-refractivity contribution in [2.45, 2.75) is 24.3 Å². The molecule has 0 aliphatic rings. The van der Waals surface area contributed by atoms with Crippen molar-refractivity contribution in [2.75, 3.05) is 12.0 Å². The molecule has 0 bridgehead atoms. The second-order valence-corrected chi connectivity index (χ2v) is 6.57. The van der Waals surface area contributed by atoms with E-state index in [-0.39, 0.29) is 23.2 Å². The maximum absolute atomic E-state index is 11.7. The first-order chi connectivity index (χ1) is 9.30. The van der Waals surface area contributed by atoms with Crippen LogP contribution in [0.25, 0.3) is 11.0 Å². The summed E-state index contributed by atoms with van der Waals surface area (Å²) in [6.45, 7) is 0.457. The molecule has 0 spiro atoms. The van der Waals surface area contributed by atoms with E-state index >= 15 is 0 Å². The van der Waals surface area contributed by atoms with Crippen molar-refractivity contribution in [1.82, 2.24) is 9.55 Å². The number of rotatable bonds is 5. The lowest BCUT2D eigenvalue weighted by molar-refractivity contribution is -0.118. The second-order valence-electron chi connectivity index (χ2n) is 4.59. The Labute approximate surface area is 116 Å². The van der Waals surface area contributed by atoms with Gasteiger partial charge >= 0.3 is 0 Å². The highest BCUT2D eigenvalue weighted by molar-refractivity contribution is 7.91. The van der Waals surface area contributed by atoms with Crippen LogP contribution >= 0.6 is 0 Å². The maximum atomic E-state index is 11.7. The molecule has 7 nitrogen and oxygen atoms in total. The van der Waals surface area contributed by atoms with E-state index in [9.17, 15) is 13.2 Å². The predicted molar refractivity (Wildman–Crippen MR) is 75.7 cm³/mol. The van der Waals surface area contributed by atoms with Gasteiger partial charge < -0.3 is 16.0 Å². The summed E-state index contributed by atoms with van der Waals surface area (Å²) in [6.07, 6.45) is 1.89.